The largest absolute Gasteiger partial charge is 0.341 e. The molecule has 2 rings (SSSR count). The first-order valence-corrected chi connectivity index (χ1v) is 7.53. The average Bonchev–Trinajstić information content (AvgIpc) is 2.71. The predicted octanol–water partition coefficient (Wildman–Crippen LogP) is 2.30. The second-order valence-corrected chi connectivity index (χ2v) is 5.39. The molecule has 126 valence electrons. The Balaban J connectivity index is 0.00000220. The summed E-state index contributed by atoms with van der Waals surface area (Å²) in [6, 6.07) is 10.5. The third-order valence-corrected chi connectivity index (χ3v) is 3.78. The van der Waals surface area contributed by atoms with Gasteiger partial charge in [-0.15, -0.1) is 24.8 Å². The topological polar surface area (TPSA) is 49.6 Å². The van der Waals surface area contributed by atoms with Crippen LogP contribution in [0.2, 0.25) is 0 Å². The summed E-state index contributed by atoms with van der Waals surface area (Å²) in [7, 11) is 0. The lowest BCUT2D eigenvalue weighted by Crippen LogP contribution is -2.35. The second-order valence-electron chi connectivity index (χ2n) is 5.39. The molecule has 4 nitrogen and oxygen atoms in total. The summed E-state index contributed by atoms with van der Waals surface area (Å²) >= 11 is 0. The molecule has 0 unspecified atom stereocenters. The Morgan fingerprint density at radius 2 is 1.77 bits per heavy atom. The highest BCUT2D eigenvalue weighted by atomic mass is 35.5. The van der Waals surface area contributed by atoms with Gasteiger partial charge >= 0.3 is 0 Å². The minimum absolute atomic E-state index is 0. The molecule has 0 atom stereocenters. The van der Waals surface area contributed by atoms with Gasteiger partial charge in [0.1, 0.15) is 0 Å². The molecule has 1 aliphatic heterocycles. The Kier molecular flexibility index (Phi) is 11.3. The molecule has 0 radical (unpaired) electrons. The monoisotopic (exact) mass is 347 g/mol. The summed E-state index contributed by atoms with van der Waals surface area (Å²) in [4.78, 5) is 16.5. The summed E-state index contributed by atoms with van der Waals surface area (Å²) < 4.78 is 0. The zero-order valence-corrected chi connectivity index (χ0v) is 14.6. The van der Waals surface area contributed by atoms with Crippen LogP contribution < -0.4 is 5.73 Å². The van der Waals surface area contributed by atoms with E-state index in [1.165, 1.54) is 5.56 Å². The zero-order chi connectivity index (χ0) is 14.2. The highest BCUT2D eigenvalue weighted by Gasteiger charge is 2.18. The summed E-state index contributed by atoms with van der Waals surface area (Å²) in [5, 5.41) is 0. The summed E-state index contributed by atoms with van der Waals surface area (Å²) in [5.41, 5.74) is 6.81. The SMILES string of the molecule is Cl.Cl.NCCCC(=O)N1CCCN(Cc2ccccc2)CC1. The fourth-order valence-electron chi connectivity index (χ4n) is 2.63. The van der Waals surface area contributed by atoms with E-state index in [1.54, 1.807) is 0 Å². The van der Waals surface area contributed by atoms with Gasteiger partial charge in [0.05, 0.1) is 0 Å². The van der Waals surface area contributed by atoms with Crippen molar-refractivity contribution in [1.29, 1.82) is 0 Å². The summed E-state index contributed by atoms with van der Waals surface area (Å²) in [5.74, 6) is 0.261. The molecule has 0 aliphatic carbocycles. The zero-order valence-electron chi connectivity index (χ0n) is 12.9. The van der Waals surface area contributed by atoms with Gasteiger partial charge in [-0.3, -0.25) is 9.69 Å². The highest BCUT2D eigenvalue weighted by molar-refractivity contribution is 5.85. The van der Waals surface area contributed by atoms with Crippen molar-refractivity contribution in [2.75, 3.05) is 32.7 Å². The van der Waals surface area contributed by atoms with Crippen molar-refractivity contribution >= 4 is 30.7 Å². The number of nitrogens with two attached hydrogens (primary N) is 1. The van der Waals surface area contributed by atoms with E-state index in [4.69, 9.17) is 5.73 Å². The molecule has 0 saturated carbocycles. The van der Waals surface area contributed by atoms with Gasteiger partial charge in [-0.05, 0) is 24.9 Å². The Bertz CT molecular complexity index is 417. The fraction of sp³-hybridized carbons (Fsp3) is 0.562. The molecular weight excluding hydrogens is 321 g/mol. The Hall–Kier alpha value is -0.810. The number of hydrogen-bond acceptors (Lipinski definition) is 3. The van der Waals surface area contributed by atoms with E-state index in [0.717, 1.165) is 45.6 Å². The molecule has 1 aromatic carbocycles. The van der Waals surface area contributed by atoms with Gasteiger partial charge in [0.2, 0.25) is 5.91 Å². The maximum absolute atomic E-state index is 12.0. The maximum Gasteiger partial charge on any atom is 0.222 e. The number of nitrogens with zero attached hydrogens (tertiary/aromatic N) is 2. The molecule has 1 fully saturated rings. The first-order valence-electron chi connectivity index (χ1n) is 7.53. The first kappa shape index (κ1) is 21.2. The molecule has 1 aliphatic rings. The number of carbonyl (C=O) groups is 1. The maximum atomic E-state index is 12.0. The van der Waals surface area contributed by atoms with Gasteiger partial charge in [-0.25, -0.2) is 0 Å². The smallest absolute Gasteiger partial charge is 0.222 e. The van der Waals surface area contributed by atoms with Crippen LogP contribution in [-0.2, 0) is 11.3 Å². The molecule has 1 heterocycles. The number of halogens is 2. The average molecular weight is 348 g/mol. The molecule has 0 spiro atoms. The van der Waals surface area contributed by atoms with Gasteiger partial charge in [-0.1, -0.05) is 30.3 Å². The van der Waals surface area contributed by atoms with E-state index in [9.17, 15) is 4.79 Å². The van der Waals surface area contributed by atoms with Crippen LogP contribution in [0.1, 0.15) is 24.8 Å². The van der Waals surface area contributed by atoms with Crippen LogP contribution in [0.3, 0.4) is 0 Å². The lowest BCUT2D eigenvalue weighted by atomic mass is 10.2. The number of carbonyl (C=O) groups excluding carboxylic acids is 1. The van der Waals surface area contributed by atoms with Crippen LogP contribution in [0, 0.1) is 0 Å². The van der Waals surface area contributed by atoms with Crippen LogP contribution in [0.4, 0.5) is 0 Å². The normalized spacial score (nSPS) is 15.4. The molecule has 0 bridgehead atoms. The molecule has 22 heavy (non-hydrogen) atoms. The van der Waals surface area contributed by atoms with E-state index < -0.39 is 0 Å². The van der Waals surface area contributed by atoms with Crippen molar-refractivity contribution in [1.82, 2.24) is 9.80 Å². The molecule has 0 aromatic heterocycles. The van der Waals surface area contributed by atoms with Crippen molar-refractivity contribution in [3.63, 3.8) is 0 Å². The molecule has 1 aromatic rings. The fourth-order valence-corrected chi connectivity index (χ4v) is 2.63. The quantitative estimate of drug-likeness (QED) is 0.888. The Labute approximate surface area is 145 Å². The van der Waals surface area contributed by atoms with E-state index in [1.807, 2.05) is 11.0 Å². The van der Waals surface area contributed by atoms with Crippen molar-refractivity contribution in [2.45, 2.75) is 25.8 Å². The first-order chi connectivity index (χ1) is 9.79. The Morgan fingerprint density at radius 3 is 2.45 bits per heavy atom. The molecule has 1 saturated heterocycles. The minimum Gasteiger partial charge on any atom is -0.341 e. The standard InChI is InChI=1S/C16H25N3O.2ClH/c17-9-4-8-16(20)19-11-5-10-18(12-13-19)14-15-6-2-1-3-7-15;;/h1-3,6-7H,4-5,8-14,17H2;2*1H. The van der Waals surface area contributed by atoms with E-state index in [2.05, 4.69) is 29.2 Å². The molecule has 6 heteroatoms. The van der Waals surface area contributed by atoms with E-state index >= 15 is 0 Å². The number of hydrogen-bond donors (Lipinski definition) is 1. The third kappa shape index (κ3) is 6.97. The summed E-state index contributed by atoms with van der Waals surface area (Å²) in [6.45, 7) is 5.33. The van der Waals surface area contributed by atoms with Gasteiger partial charge in [0.25, 0.3) is 0 Å². The van der Waals surface area contributed by atoms with Crippen LogP contribution in [0.5, 0.6) is 0 Å². The van der Waals surface area contributed by atoms with Gasteiger partial charge in [0, 0.05) is 39.1 Å². The third-order valence-electron chi connectivity index (χ3n) is 3.78. The van der Waals surface area contributed by atoms with Crippen molar-refractivity contribution < 1.29 is 4.79 Å². The van der Waals surface area contributed by atoms with Crippen molar-refractivity contribution in [3.8, 4) is 0 Å². The van der Waals surface area contributed by atoms with Gasteiger partial charge in [-0.2, -0.15) is 0 Å². The molecule has 1 amide bonds. The van der Waals surface area contributed by atoms with Gasteiger partial charge < -0.3 is 10.6 Å². The van der Waals surface area contributed by atoms with Gasteiger partial charge in [0.15, 0.2) is 0 Å². The lowest BCUT2D eigenvalue weighted by molar-refractivity contribution is -0.131. The van der Waals surface area contributed by atoms with Crippen molar-refractivity contribution in [2.24, 2.45) is 5.73 Å². The van der Waals surface area contributed by atoms with Crippen LogP contribution in [0.25, 0.3) is 0 Å². The van der Waals surface area contributed by atoms with E-state index in [0.29, 0.717) is 13.0 Å². The van der Waals surface area contributed by atoms with E-state index in [-0.39, 0.29) is 30.7 Å². The number of amides is 1. The van der Waals surface area contributed by atoms with Crippen LogP contribution in [0.15, 0.2) is 30.3 Å². The number of rotatable bonds is 5. The molecule has 2 N–H and O–H groups in total. The van der Waals surface area contributed by atoms with Crippen molar-refractivity contribution in [3.05, 3.63) is 35.9 Å². The van der Waals surface area contributed by atoms with Crippen LogP contribution in [-0.4, -0.2) is 48.4 Å². The highest BCUT2D eigenvalue weighted by Crippen LogP contribution is 2.10. The Morgan fingerprint density at radius 1 is 1.05 bits per heavy atom. The van der Waals surface area contributed by atoms with Crippen LogP contribution >= 0.6 is 24.8 Å². The lowest BCUT2D eigenvalue weighted by Gasteiger charge is -2.22. The predicted molar refractivity (Wildman–Crippen MR) is 95.7 cm³/mol. The summed E-state index contributed by atoms with van der Waals surface area (Å²) in [6.07, 6.45) is 2.44. The minimum atomic E-state index is 0. The second kappa shape index (κ2) is 11.7. The molecular formula is C16H27Cl2N3O. The number of benzene rings is 1.